The normalized spacial score (nSPS) is 20.7. The molecule has 0 aliphatic heterocycles. The zero-order valence-electron chi connectivity index (χ0n) is 8.14. The van der Waals surface area contributed by atoms with E-state index in [9.17, 15) is 0 Å². The predicted octanol–water partition coefficient (Wildman–Crippen LogP) is 1.83. The van der Waals surface area contributed by atoms with Crippen molar-refractivity contribution in [3.63, 3.8) is 0 Å². The molecule has 0 amide bonds. The van der Waals surface area contributed by atoms with Crippen molar-refractivity contribution >= 4 is 0 Å². The Morgan fingerprint density at radius 2 is 2.31 bits per heavy atom. The molecule has 3 nitrogen and oxygen atoms in total. The van der Waals surface area contributed by atoms with Gasteiger partial charge in [0.25, 0.3) is 0 Å². The van der Waals surface area contributed by atoms with E-state index in [4.69, 9.17) is 0 Å². The van der Waals surface area contributed by atoms with Crippen LogP contribution in [0.25, 0.3) is 0 Å². The van der Waals surface area contributed by atoms with Gasteiger partial charge in [-0.3, -0.25) is 0 Å². The van der Waals surface area contributed by atoms with E-state index in [1.54, 1.807) is 6.20 Å². The number of aromatic amines is 1. The van der Waals surface area contributed by atoms with Crippen LogP contribution < -0.4 is 5.32 Å². The monoisotopic (exact) mass is 179 g/mol. The Morgan fingerprint density at radius 3 is 2.92 bits per heavy atom. The molecule has 1 aliphatic rings. The Bertz CT molecular complexity index is 247. The number of hydrogen-bond acceptors (Lipinski definition) is 2. The van der Waals surface area contributed by atoms with Crippen LogP contribution in [0.3, 0.4) is 0 Å². The summed E-state index contributed by atoms with van der Waals surface area (Å²) in [7, 11) is 0. The number of hydrogen-bond donors (Lipinski definition) is 2. The van der Waals surface area contributed by atoms with E-state index < -0.39 is 0 Å². The van der Waals surface area contributed by atoms with Crippen molar-refractivity contribution in [2.75, 3.05) is 0 Å². The van der Waals surface area contributed by atoms with Crippen LogP contribution in [0.2, 0.25) is 0 Å². The molecule has 3 heteroatoms. The number of rotatable bonds is 3. The van der Waals surface area contributed by atoms with Crippen LogP contribution in [-0.2, 0) is 6.54 Å². The first-order valence-electron chi connectivity index (χ1n) is 5.02. The summed E-state index contributed by atoms with van der Waals surface area (Å²) in [5, 5.41) is 3.57. The average Bonchev–Trinajstić information content (AvgIpc) is 2.72. The van der Waals surface area contributed by atoms with E-state index >= 15 is 0 Å². The molecule has 1 aliphatic carbocycles. The van der Waals surface area contributed by atoms with E-state index in [0.29, 0.717) is 5.54 Å². The van der Waals surface area contributed by atoms with Crippen LogP contribution >= 0.6 is 0 Å². The summed E-state index contributed by atoms with van der Waals surface area (Å²) < 4.78 is 0. The van der Waals surface area contributed by atoms with E-state index in [1.165, 1.54) is 25.7 Å². The van der Waals surface area contributed by atoms with Gasteiger partial charge in [-0.15, -0.1) is 0 Å². The highest BCUT2D eigenvalue weighted by atomic mass is 15.0. The molecule has 1 heterocycles. The summed E-state index contributed by atoms with van der Waals surface area (Å²) in [6.45, 7) is 3.17. The standard InChI is InChI=1S/C10H17N3/c1-10(4-2-3-5-10)13-8-9-11-6-7-12-9/h6-7,13H,2-5,8H2,1H3,(H,11,12). The molecule has 72 valence electrons. The minimum absolute atomic E-state index is 0.354. The molecule has 0 spiro atoms. The molecule has 0 bridgehead atoms. The average molecular weight is 179 g/mol. The Balaban J connectivity index is 1.85. The van der Waals surface area contributed by atoms with E-state index in [2.05, 4.69) is 22.2 Å². The summed E-state index contributed by atoms with van der Waals surface area (Å²) >= 11 is 0. The number of imidazole rings is 1. The Labute approximate surface area is 79.0 Å². The number of H-pyrrole nitrogens is 1. The van der Waals surface area contributed by atoms with Gasteiger partial charge in [0.1, 0.15) is 5.82 Å². The van der Waals surface area contributed by atoms with Crippen molar-refractivity contribution in [2.24, 2.45) is 0 Å². The highest BCUT2D eigenvalue weighted by Crippen LogP contribution is 2.28. The third-order valence-corrected chi connectivity index (χ3v) is 2.94. The molecule has 1 saturated carbocycles. The molecule has 1 aromatic heterocycles. The van der Waals surface area contributed by atoms with Crippen LogP contribution in [0, 0.1) is 0 Å². The SMILES string of the molecule is CC1(NCc2ncc[nH]2)CCCC1. The third kappa shape index (κ3) is 2.10. The molecule has 0 atom stereocenters. The number of nitrogens with one attached hydrogen (secondary N) is 2. The second-order valence-electron chi connectivity index (χ2n) is 4.16. The Hall–Kier alpha value is -0.830. The van der Waals surface area contributed by atoms with Crippen molar-refractivity contribution in [3.05, 3.63) is 18.2 Å². The van der Waals surface area contributed by atoms with Crippen molar-refractivity contribution in [1.82, 2.24) is 15.3 Å². The quantitative estimate of drug-likeness (QED) is 0.743. The van der Waals surface area contributed by atoms with Gasteiger partial charge in [-0.25, -0.2) is 4.98 Å². The number of aromatic nitrogens is 2. The molecule has 2 rings (SSSR count). The van der Waals surface area contributed by atoms with Gasteiger partial charge in [-0.05, 0) is 19.8 Å². The lowest BCUT2D eigenvalue weighted by molar-refractivity contribution is 0.359. The van der Waals surface area contributed by atoms with Gasteiger partial charge in [0.15, 0.2) is 0 Å². The topological polar surface area (TPSA) is 40.7 Å². The van der Waals surface area contributed by atoms with Crippen molar-refractivity contribution in [2.45, 2.75) is 44.7 Å². The highest BCUT2D eigenvalue weighted by Gasteiger charge is 2.27. The van der Waals surface area contributed by atoms with Gasteiger partial charge in [0.05, 0.1) is 6.54 Å². The van der Waals surface area contributed by atoms with Gasteiger partial charge in [-0.1, -0.05) is 12.8 Å². The summed E-state index contributed by atoms with van der Waals surface area (Å²) in [6.07, 6.45) is 8.99. The molecule has 0 unspecified atom stereocenters. The van der Waals surface area contributed by atoms with Crippen LogP contribution in [0.1, 0.15) is 38.4 Å². The molecule has 0 aromatic carbocycles. The van der Waals surface area contributed by atoms with E-state index in [0.717, 1.165) is 12.4 Å². The van der Waals surface area contributed by atoms with Crippen LogP contribution in [0.4, 0.5) is 0 Å². The summed E-state index contributed by atoms with van der Waals surface area (Å²) in [5.74, 6) is 1.04. The minimum Gasteiger partial charge on any atom is -0.348 e. The second kappa shape index (κ2) is 3.50. The predicted molar refractivity (Wildman–Crippen MR) is 52.3 cm³/mol. The largest absolute Gasteiger partial charge is 0.348 e. The molecule has 13 heavy (non-hydrogen) atoms. The molecular formula is C10H17N3. The fourth-order valence-corrected chi connectivity index (χ4v) is 2.02. The molecule has 0 saturated heterocycles. The maximum atomic E-state index is 4.19. The maximum absolute atomic E-state index is 4.19. The van der Waals surface area contributed by atoms with Crippen LogP contribution in [0.15, 0.2) is 12.4 Å². The zero-order chi connectivity index (χ0) is 9.15. The Kier molecular flexibility index (Phi) is 2.36. The van der Waals surface area contributed by atoms with Gasteiger partial charge >= 0.3 is 0 Å². The first-order valence-corrected chi connectivity index (χ1v) is 5.02. The highest BCUT2D eigenvalue weighted by molar-refractivity contribution is 4.92. The summed E-state index contributed by atoms with van der Waals surface area (Å²) in [4.78, 5) is 7.29. The Morgan fingerprint density at radius 1 is 1.54 bits per heavy atom. The summed E-state index contributed by atoms with van der Waals surface area (Å²) in [5.41, 5.74) is 0.354. The van der Waals surface area contributed by atoms with Gasteiger partial charge < -0.3 is 10.3 Å². The lowest BCUT2D eigenvalue weighted by Gasteiger charge is -2.24. The van der Waals surface area contributed by atoms with Gasteiger partial charge in [0.2, 0.25) is 0 Å². The molecule has 1 aromatic rings. The lowest BCUT2D eigenvalue weighted by Crippen LogP contribution is -2.39. The van der Waals surface area contributed by atoms with Crippen molar-refractivity contribution in [3.8, 4) is 0 Å². The second-order valence-corrected chi connectivity index (χ2v) is 4.16. The zero-order valence-corrected chi connectivity index (χ0v) is 8.14. The first kappa shape index (κ1) is 8.75. The van der Waals surface area contributed by atoms with E-state index in [1.807, 2.05) is 6.20 Å². The van der Waals surface area contributed by atoms with Gasteiger partial charge in [0, 0.05) is 17.9 Å². The third-order valence-electron chi connectivity index (χ3n) is 2.94. The smallest absolute Gasteiger partial charge is 0.120 e. The summed E-state index contributed by atoms with van der Waals surface area (Å²) in [6, 6.07) is 0. The van der Waals surface area contributed by atoms with Gasteiger partial charge in [-0.2, -0.15) is 0 Å². The molecule has 1 fully saturated rings. The molecule has 0 radical (unpaired) electrons. The van der Waals surface area contributed by atoms with Crippen LogP contribution in [-0.4, -0.2) is 15.5 Å². The minimum atomic E-state index is 0.354. The molecule has 2 N–H and O–H groups in total. The first-order chi connectivity index (χ1) is 6.29. The van der Waals surface area contributed by atoms with Crippen molar-refractivity contribution in [1.29, 1.82) is 0 Å². The fraction of sp³-hybridized carbons (Fsp3) is 0.700. The molecular weight excluding hydrogens is 162 g/mol. The maximum Gasteiger partial charge on any atom is 0.120 e. The van der Waals surface area contributed by atoms with Crippen molar-refractivity contribution < 1.29 is 0 Å². The van der Waals surface area contributed by atoms with E-state index in [-0.39, 0.29) is 0 Å². The van der Waals surface area contributed by atoms with Crippen LogP contribution in [0.5, 0.6) is 0 Å². The fourth-order valence-electron chi connectivity index (χ4n) is 2.02. The number of nitrogens with zero attached hydrogens (tertiary/aromatic N) is 1. The lowest BCUT2D eigenvalue weighted by atomic mass is 10.0.